The molecule has 1 aromatic heterocycles. The van der Waals surface area contributed by atoms with Gasteiger partial charge in [0.25, 0.3) is 0 Å². The van der Waals surface area contributed by atoms with Crippen molar-refractivity contribution in [3.8, 4) is 33.9 Å². The minimum atomic E-state index is 0.614. The first-order valence-corrected chi connectivity index (χ1v) is 13.5. The Morgan fingerprint density at radius 3 is 2.03 bits per heavy atom. The molecule has 0 saturated heterocycles. The minimum absolute atomic E-state index is 0.614. The lowest BCUT2D eigenvalue weighted by Gasteiger charge is -2.14. The van der Waals surface area contributed by atoms with Crippen LogP contribution in [0.1, 0.15) is 18.7 Å². The van der Waals surface area contributed by atoms with Crippen molar-refractivity contribution in [1.82, 2.24) is 15.0 Å². The number of halogens is 1. The molecular weight excluding hydrogens is 498 g/mol. The van der Waals surface area contributed by atoms with Gasteiger partial charge in [0, 0.05) is 16.1 Å². The molecule has 0 unspecified atom stereocenters. The number of rotatable bonds is 4. The maximum atomic E-state index is 6.77. The van der Waals surface area contributed by atoms with Crippen LogP contribution in [0.15, 0.2) is 121 Å². The van der Waals surface area contributed by atoms with E-state index in [9.17, 15) is 0 Å². The fraction of sp³-hybridized carbons (Fsp3) is 0.0571. The van der Waals surface area contributed by atoms with Crippen LogP contribution < -0.4 is 0 Å². The van der Waals surface area contributed by atoms with E-state index in [0.717, 1.165) is 40.7 Å². The molecule has 7 rings (SSSR count). The van der Waals surface area contributed by atoms with Crippen LogP contribution in [0.5, 0.6) is 0 Å². The number of allylic oxidation sites excluding steroid dienone is 4. The van der Waals surface area contributed by atoms with Gasteiger partial charge < -0.3 is 0 Å². The van der Waals surface area contributed by atoms with Crippen molar-refractivity contribution < 1.29 is 0 Å². The van der Waals surface area contributed by atoms with Crippen LogP contribution in [-0.2, 0) is 0 Å². The zero-order valence-corrected chi connectivity index (χ0v) is 21.9. The second kappa shape index (κ2) is 9.94. The van der Waals surface area contributed by atoms with Crippen molar-refractivity contribution >= 4 is 38.7 Å². The van der Waals surface area contributed by atoms with E-state index in [1.54, 1.807) is 0 Å². The third-order valence-electron chi connectivity index (χ3n) is 7.20. The minimum Gasteiger partial charge on any atom is -0.209 e. The summed E-state index contributed by atoms with van der Waals surface area (Å²) in [6, 6.07) is 35.5. The standard InChI is InChI=1S/C35H24ClN3/c36-28-20-26(32-22-25-15-7-8-16-29(25)30-17-9-10-18-31(30)32)19-27(21-28)35-38-33(23-11-3-1-4-12-23)37-34(39-35)24-13-5-2-6-14-24/h1-5,7-13,15-22H,6,14H2. The Kier molecular flexibility index (Phi) is 5.99. The van der Waals surface area contributed by atoms with E-state index in [1.807, 2.05) is 42.5 Å². The quantitative estimate of drug-likeness (QED) is 0.217. The third-order valence-corrected chi connectivity index (χ3v) is 7.42. The molecule has 39 heavy (non-hydrogen) atoms. The summed E-state index contributed by atoms with van der Waals surface area (Å²) in [7, 11) is 0. The summed E-state index contributed by atoms with van der Waals surface area (Å²) in [4.78, 5) is 14.8. The first-order valence-electron chi connectivity index (χ1n) is 13.1. The molecule has 0 saturated carbocycles. The summed E-state index contributed by atoms with van der Waals surface area (Å²) >= 11 is 6.77. The Bertz CT molecular complexity index is 1920. The molecule has 0 amide bonds. The van der Waals surface area contributed by atoms with Gasteiger partial charge in [0.2, 0.25) is 0 Å². The molecule has 0 atom stereocenters. The summed E-state index contributed by atoms with van der Waals surface area (Å²) in [6.45, 7) is 0. The topological polar surface area (TPSA) is 38.7 Å². The first-order chi connectivity index (χ1) is 19.2. The van der Waals surface area contributed by atoms with Crippen LogP contribution in [0.2, 0.25) is 5.02 Å². The van der Waals surface area contributed by atoms with Crippen molar-refractivity contribution in [1.29, 1.82) is 0 Å². The molecule has 1 aliphatic carbocycles. The van der Waals surface area contributed by atoms with Crippen LogP contribution in [0.4, 0.5) is 0 Å². The molecular formula is C35H24ClN3. The fourth-order valence-electron chi connectivity index (χ4n) is 5.32. The van der Waals surface area contributed by atoms with Crippen LogP contribution in [0.25, 0.3) is 61.0 Å². The summed E-state index contributed by atoms with van der Waals surface area (Å²) in [5.41, 5.74) is 5.09. The smallest absolute Gasteiger partial charge is 0.164 e. The van der Waals surface area contributed by atoms with Gasteiger partial charge in [0.15, 0.2) is 17.5 Å². The molecule has 0 radical (unpaired) electrons. The SMILES string of the molecule is Clc1cc(-c2nc(C3=CC=CCC3)nc(-c3ccccc3)n2)cc(-c2cc3ccccc3c3ccccc23)c1. The number of nitrogens with zero attached hydrogens (tertiary/aromatic N) is 3. The summed E-state index contributed by atoms with van der Waals surface area (Å²) in [5.74, 6) is 1.98. The number of hydrogen-bond donors (Lipinski definition) is 0. The molecule has 4 heteroatoms. The Labute approximate surface area is 232 Å². The lowest BCUT2D eigenvalue weighted by Crippen LogP contribution is -2.03. The molecule has 0 aliphatic heterocycles. The van der Waals surface area contributed by atoms with Crippen LogP contribution >= 0.6 is 11.6 Å². The highest BCUT2D eigenvalue weighted by molar-refractivity contribution is 6.31. The highest BCUT2D eigenvalue weighted by atomic mass is 35.5. The highest BCUT2D eigenvalue weighted by Gasteiger charge is 2.16. The Morgan fingerprint density at radius 2 is 1.23 bits per heavy atom. The zero-order chi connectivity index (χ0) is 26.2. The van der Waals surface area contributed by atoms with Gasteiger partial charge in [-0.2, -0.15) is 0 Å². The number of aromatic nitrogens is 3. The van der Waals surface area contributed by atoms with Crippen molar-refractivity contribution in [3.05, 3.63) is 132 Å². The summed E-state index contributed by atoms with van der Waals surface area (Å²) in [6.07, 6.45) is 8.22. The third kappa shape index (κ3) is 4.52. The molecule has 3 nitrogen and oxygen atoms in total. The molecule has 0 bridgehead atoms. The largest absolute Gasteiger partial charge is 0.209 e. The van der Waals surface area contributed by atoms with Gasteiger partial charge in [0.05, 0.1) is 0 Å². The molecule has 1 aliphatic rings. The molecule has 0 spiro atoms. The Hall–Kier alpha value is -4.60. The highest BCUT2D eigenvalue weighted by Crippen LogP contribution is 2.38. The van der Waals surface area contributed by atoms with Crippen LogP contribution in [0.3, 0.4) is 0 Å². The molecule has 6 aromatic rings. The monoisotopic (exact) mass is 521 g/mol. The van der Waals surface area contributed by atoms with Gasteiger partial charge in [0.1, 0.15) is 0 Å². The van der Waals surface area contributed by atoms with Crippen molar-refractivity contribution in [2.24, 2.45) is 0 Å². The second-order valence-electron chi connectivity index (χ2n) is 9.75. The number of hydrogen-bond acceptors (Lipinski definition) is 3. The van der Waals surface area contributed by atoms with Gasteiger partial charge in [-0.05, 0) is 75.4 Å². The summed E-state index contributed by atoms with van der Waals surface area (Å²) < 4.78 is 0. The van der Waals surface area contributed by atoms with Gasteiger partial charge in [-0.25, -0.2) is 15.0 Å². The van der Waals surface area contributed by atoms with Crippen molar-refractivity contribution in [2.75, 3.05) is 0 Å². The van der Waals surface area contributed by atoms with Gasteiger partial charge in [-0.1, -0.05) is 109 Å². The maximum absolute atomic E-state index is 6.77. The van der Waals surface area contributed by atoms with Crippen LogP contribution in [-0.4, -0.2) is 15.0 Å². The fourth-order valence-corrected chi connectivity index (χ4v) is 5.56. The van der Waals surface area contributed by atoms with E-state index in [0.29, 0.717) is 22.5 Å². The Morgan fingerprint density at radius 1 is 0.564 bits per heavy atom. The number of fused-ring (bicyclic) bond motifs is 3. The van der Waals surface area contributed by atoms with Gasteiger partial charge in [-0.3, -0.25) is 0 Å². The van der Waals surface area contributed by atoms with E-state index >= 15 is 0 Å². The predicted molar refractivity (Wildman–Crippen MR) is 163 cm³/mol. The zero-order valence-electron chi connectivity index (χ0n) is 21.2. The van der Waals surface area contributed by atoms with Gasteiger partial charge >= 0.3 is 0 Å². The van der Waals surface area contributed by atoms with Crippen LogP contribution in [0, 0.1) is 0 Å². The molecule has 0 N–H and O–H groups in total. The van der Waals surface area contributed by atoms with E-state index in [4.69, 9.17) is 26.6 Å². The molecule has 0 fully saturated rings. The average molecular weight is 522 g/mol. The van der Waals surface area contributed by atoms with E-state index in [-0.39, 0.29) is 0 Å². The lowest BCUT2D eigenvalue weighted by atomic mass is 9.92. The lowest BCUT2D eigenvalue weighted by molar-refractivity contribution is 0.978. The van der Waals surface area contributed by atoms with E-state index in [1.165, 1.54) is 21.5 Å². The van der Waals surface area contributed by atoms with E-state index in [2.05, 4.69) is 78.9 Å². The predicted octanol–water partition coefficient (Wildman–Crippen LogP) is 9.57. The van der Waals surface area contributed by atoms with Crippen molar-refractivity contribution in [3.63, 3.8) is 0 Å². The van der Waals surface area contributed by atoms with Gasteiger partial charge in [-0.15, -0.1) is 0 Å². The Balaban J connectivity index is 1.44. The normalized spacial score (nSPS) is 13.1. The van der Waals surface area contributed by atoms with E-state index < -0.39 is 0 Å². The molecule has 186 valence electrons. The second-order valence-corrected chi connectivity index (χ2v) is 10.2. The summed E-state index contributed by atoms with van der Waals surface area (Å²) in [5, 5.41) is 5.48. The average Bonchev–Trinajstić information content (AvgIpc) is 3.01. The molecule has 5 aromatic carbocycles. The van der Waals surface area contributed by atoms with Crippen molar-refractivity contribution in [2.45, 2.75) is 12.8 Å². The number of benzene rings is 5. The maximum Gasteiger partial charge on any atom is 0.164 e. The molecule has 1 heterocycles. The first kappa shape index (κ1) is 23.5.